The molecule has 124 valence electrons. The summed E-state index contributed by atoms with van der Waals surface area (Å²) in [5, 5.41) is 0.540. The number of benzene rings is 2. The van der Waals surface area contributed by atoms with Gasteiger partial charge in [0.15, 0.2) is 0 Å². The molecule has 0 aromatic heterocycles. The van der Waals surface area contributed by atoms with Crippen molar-refractivity contribution in [2.75, 3.05) is 25.5 Å². The van der Waals surface area contributed by atoms with E-state index in [1.807, 2.05) is 43.3 Å². The number of rotatable bonds is 7. The van der Waals surface area contributed by atoms with Crippen LogP contribution >= 0.6 is 11.6 Å². The third-order valence-corrected chi connectivity index (χ3v) is 5.03. The monoisotopic (exact) mass is 352 g/mol. The third-order valence-electron chi connectivity index (χ3n) is 3.43. The second-order valence-electron chi connectivity index (χ2n) is 5.59. The first-order valence-corrected chi connectivity index (χ1v) is 9.37. The van der Waals surface area contributed by atoms with Crippen molar-refractivity contribution in [1.29, 1.82) is 0 Å². The lowest BCUT2D eigenvalue weighted by atomic mass is 10.1. The van der Waals surface area contributed by atoms with E-state index in [9.17, 15) is 8.42 Å². The van der Waals surface area contributed by atoms with Gasteiger partial charge in [-0.2, -0.15) is 0 Å². The van der Waals surface area contributed by atoms with Gasteiger partial charge in [0.25, 0.3) is 0 Å². The molecule has 0 saturated carbocycles. The first-order valence-electron chi connectivity index (χ1n) is 7.34. The summed E-state index contributed by atoms with van der Waals surface area (Å²) < 4.78 is 26.8. The first-order chi connectivity index (χ1) is 10.9. The quantitative estimate of drug-likeness (QED) is 0.833. The van der Waals surface area contributed by atoms with Crippen molar-refractivity contribution < 1.29 is 8.42 Å². The molecule has 0 unspecified atom stereocenters. The van der Waals surface area contributed by atoms with Gasteiger partial charge < -0.3 is 4.90 Å². The summed E-state index contributed by atoms with van der Waals surface area (Å²) in [7, 11) is 0.610. The lowest BCUT2D eigenvalue weighted by Gasteiger charge is -2.13. The fourth-order valence-electron chi connectivity index (χ4n) is 2.21. The van der Waals surface area contributed by atoms with Crippen LogP contribution in [-0.2, 0) is 22.2 Å². The van der Waals surface area contributed by atoms with E-state index in [0.29, 0.717) is 23.6 Å². The molecule has 0 spiro atoms. The Kier molecular flexibility index (Phi) is 6.04. The molecule has 2 rings (SSSR count). The van der Waals surface area contributed by atoms with Crippen molar-refractivity contribution in [2.45, 2.75) is 12.2 Å². The van der Waals surface area contributed by atoms with Crippen molar-refractivity contribution in [3.05, 3.63) is 64.7 Å². The zero-order valence-electron chi connectivity index (χ0n) is 13.3. The van der Waals surface area contributed by atoms with Crippen LogP contribution in [0, 0.1) is 0 Å². The van der Waals surface area contributed by atoms with Crippen LogP contribution in [-0.4, -0.2) is 29.1 Å². The topological polar surface area (TPSA) is 49.4 Å². The number of hydrogen-bond acceptors (Lipinski definition) is 3. The summed E-state index contributed by atoms with van der Waals surface area (Å²) in [4.78, 5) is 2.03. The highest BCUT2D eigenvalue weighted by Gasteiger charge is 2.11. The highest BCUT2D eigenvalue weighted by Crippen LogP contribution is 2.14. The molecule has 0 aliphatic rings. The molecular formula is C17H21ClN2O2S. The molecule has 0 fully saturated rings. The third kappa shape index (κ3) is 5.86. The van der Waals surface area contributed by atoms with Gasteiger partial charge >= 0.3 is 0 Å². The van der Waals surface area contributed by atoms with Gasteiger partial charge in [-0.1, -0.05) is 35.9 Å². The van der Waals surface area contributed by atoms with Crippen molar-refractivity contribution in [3.8, 4) is 0 Å². The maximum absolute atomic E-state index is 12.1. The van der Waals surface area contributed by atoms with Crippen LogP contribution in [0.3, 0.4) is 0 Å². The van der Waals surface area contributed by atoms with Crippen LogP contribution < -0.4 is 9.62 Å². The van der Waals surface area contributed by atoms with E-state index >= 15 is 0 Å². The van der Waals surface area contributed by atoms with Crippen LogP contribution in [0.25, 0.3) is 0 Å². The Balaban J connectivity index is 1.87. The first kappa shape index (κ1) is 17.8. The second-order valence-corrected chi connectivity index (χ2v) is 7.84. The highest BCUT2D eigenvalue weighted by molar-refractivity contribution is 7.88. The molecule has 0 aliphatic carbocycles. The van der Waals surface area contributed by atoms with E-state index in [2.05, 4.69) is 4.72 Å². The molecule has 6 heteroatoms. The molecule has 0 aliphatic heterocycles. The van der Waals surface area contributed by atoms with E-state index in [1.54, 1.807) is 24.3 Å². The molecule has 0 radical (unpaired) electrons. The van der Waals surface area contributed by atoms with Crippen molar-refractivity contribution in [1.82, 2.24) is 4.72 Å². The van der Waals surface area contributed by atoms with Gasteiger partial charge in [0.1, 0.15) is 0 Å². The van der Waals surface area contributed by atoms with E-state index in [1.165, 1.54) is 0 Å². The smallest absolute Gasteiger partial charge is 0.215 e. The zero-order chi connectivity index (χ0) is 16.9. The molecule has 0 atom stereocenters. The largest absolute Gasteiger partial charge is 0.378 e. The highest BCUT2D eigenvalue weighted by atomic mass is 35.5. The summed E-state index contributed by atoms with van der Waals surface area (Å²) in [6, 6.07) is 15.0. The molecule has 0 bridgehead atoms. The Morgan fingerprint density at radius 3 is 2.35 bits per heavy atom. The van der Waals surface area contributed by atoms with Crippen molar-refractivity contribution in [2.24, 2.45) is 0 Å². The minimum absolute atomic E-state index is 0.0624. The molecular weight excluding hydrogens is 332 g/mol. The molecule has 4 nitrogen and oxygen atoms in total. The normalized spacial score (nSPS) is 11.4. The van der Waals surface area contributed by atoms with E-state index in [0.717, 1.165) is 11.3 Å². The van der Waals surface area contributed by atoms with Gasteiger partial charge in [0, 0.05) is 31.4 Å². The molecule has 2 aromatic carbocycles. The van der Waals surface area contributed by atoms with E-state index in [4.69, 9.17) is 11.6 Å². The zero-order valence-corrected chi connectivity index (χ0v) is 14.9. The average molecular weight is 353 g/mol. The Labute approximate surface area is 143 Å². The van der Waals surface area contributed by atoms with Gasteiger partial charge in [-0.15, -0.1) is 0 Å². The second kappa shape index (κ2) is 7.81. The number of nitrogens with zero attached hydrogens (tertiary/aromatic N) is 1. The summed E-state index contributed by atoms with van der Waals surface area (Å²) in [6.45, 7) is 0.379. The number of nitrogens with one attached hydrogen (secondary N) is 1. The molecule has 2 aromatic rings. The fourth-order valence-corrected chi connectivity index (χ4v) is 3.56. The number of sulfonamides is 1. The van der Waals surface area contributed by atoms with Crippen LogP contribution in [0.2, 0.25) is 5.02 Å². The maximum atomic E-state index is 12.1. The standard InChI is InChI=1S/C17H21ClN2O2S/c1-20(2)17-8-6-14(7-9-17)10-11-19-23(21,22)13-15-4-3-5-16(18)12-15/h3-9,12,19H,10-11,13H2,1-2H3. The van der Waals surface area contributed by atoms with Gasteiger partial charge in [0.05, 0.1) is 5.75 Å². The number of hydrogen-bond donors (Lipinski definition) is 1. The molecule has 0 saturated heterocycles. The minimum atomic E-state index is -3.36. The predicted octanol–water partition coefficient (Wildman–Crippen LogP) is 3.07. The van der Waals surface area contributed by atoms with E-state index in [-0.39, 0.29) is 5.75 Å². The SMILES string of the molecule is CN(C)c1ccc(CCNS(=O)(=O)Cc2cccc(Cl)c2)cc1. The lowest BCUT2D eigenvalue weighted by molar-refractivity contribution is 0.581. The Morgan fingerprint density at radius 1 is 1.04 bits per heavy atom. The average Bonchev–Trinajstić information content (AvgIpc) is 2.47. The molecule has 23 heavy (non-hydrogen) atoms. The van der Waals surface area contributed by atoms with E-state index < -0.39 is 10.0 Å². The van der Waals surface area contributed by atoms with Gasteiger partial charge in [-0.25, -0.2) is 13.1 Å². The van der Waals surface area contributed by atoms with Gasteiger partial charge in [-0.05, 0) is 41.8 Å². The van der Waals surface area contributed by atoms with Crippen molar-refractivity contribution >= 4 is 27.3 Å². The van der Waals surface area contributed by atoms with Crippen LogP contribution in [0.4, 0.5) is 5.69 Å². The fraction of sp³-hybridized carbons (Fsp3) is 0.294. The van der Waals surface area contributed by atoms with Gasteiger partial charge in [0.2, 0.25) is 10.0 Å². The van der Waals surface area contributed by atoms with Crippen LogP contribution in [0.15, 0.2) is 48.5 Å². The summed E-state index contributed by atoms with van der Waals surface area (Å²) in [5.74, 6) is -0.0624. The number of halogens is 1. The molecule has 0 heterocycles. The number of anilines is 1. The minimum Gasteiger partial charge on any atom is -0.378 e. The molecule has 0 amide bonds. The van der Waals surface area contributed by atoms with Gasteiger partial charge in [-0.3, -0.25) is 0 Å². The van der Waals surface area contributed by atoms with Crippen LogP contribution in [0.1, 0.15) is 11.1 Å². The Bertz CT molecular complexity index is 743. The molecule has 1 N–H and O–H groups in total. The summed E-state index contributed by atoms with van der Waals surface area (Å²) in [5.41, 5.74) is 2.90. The Morgan fingerprint density at radius 2 is 1.74 bits per heavy atom. The Hall–Kier alpha value is -1.56. The summed E-state index contributed by atoms with van der Waals surface area (Å²) in [6.07, 6.45) is 0.655. The predicted molar refractivity (Wildman–Crippen MR) is 96.6 cm³/mol. The van der Waals surface area contributed by atoms with Crippen molar-refractivity contribution in [3.63, 3.8) is 0 Å². The summed E-state index contributed by atoms with van der Waals surface area (Å²) >= 11 is 5.87. The lowest BCUT2D eigenvalue weighted by Crippen LogP contribution is -2.27. The van der Waals surface area contributed by atoms with Crippen LogP contribution in [0.5, 0.6) is 0 Å². The maximum Gasteiger partial charge on any atom is 0.215 e.